The average Bonchev–Trinajstić information content (AvgIpc) is 2.34. The van der Waals surface area contributed by atoms with Crippen LogP contribution in [0, 0.1) is 0 Å². The first-order chi connectivity index (χ1) is 4.43. The van der Waals surface area contributed by atoms with Gasteiger partial charge in [0.2, 0.25) is 5.13 Å². The SMILES string of the molecule is CO/C=N\c1nccs1.Cl. The number of aromatic nitrogens is 1. The summed E-state index contributed by atoms with van der Waals surface area (Å²) in [7, 11) is 1.55. The molecular weight excluding hydrogens is 172 g/mol. The van der Waals surface area contributed by atoms with Crippen LogP contribution in [0.2, 0.25) is 0 Å². The highest BCUT2D eigenvalue weighted by molar-refractivity contribution is 7.13. The van der Waals surface area contributed by atoms with E-state index in [1.807, 2.05) is 5.38 Å². The number of thiazole rings is 1. The van der Waals surface area contributed by atoms with Gasteiger partial charge in [0, 0.05) is 11.6 Å². The van der Waals surface area contributed by atoms with Crippen molar-refractivity contribution in [2.75, 3.05) is 7.11 Å². The predicted molar refractivity (Wildman–Crippen MR) is 44.5 cm³/mol. The van der Waals surface area contributed by atoms with Crippen LogP contribution in [0.3, 0.4) is 0 Å². The van der Waals surface area contributed by atoms with Gasteiger partial charge >= 0.3 is 0 Å². The average molecular weight is 179 g/mol. The first kappa shape index (κ1) is 9.39. The van der Waals surface area contributed by atoms with Crippen molar-refractivity contribution in [3.8, 4) is 0 Å². The van der Waals surface area contributed by atoms with E-state index in [-0.39, 0.29) is 12.4 Å². The number of aliphatic imine (C=N–C) groups is 1. The molecule has 0 amide bonds. The summed E-state index contributed by atoms with van der Waals surface area (Å²) in [6.45, 7) is 0. The molecule has 0 aromatic carbocycles. The lowest BCUT2D eigenvalue weighted by Crippen LogP contribution is -1.72. The number of hydrogen-bond donors (Lipinski definition) is 0. The van der Waals surface area contributed by atoms with Crippen molar-refractivity contribution in [2.45, 2.75) is 0 Å². The van der Waals surface area contributed by atoms with Crippen LogP contribution in [0.4, 0.5) is 5.13 Å². The van der Waals surface area contributed by atoms with Crippen LogP contribution in [0.25, 0.3) is 0 Å². The molecule has 1 heterocycles. The van der Waals surface area contributed by atoms with E-state index in [1.165, 1.54) is 17.7 Å². The quantitative estimate of drug-likeness (QED) is 0.512. The Morgan fingerprint density at radius 3 is 3.10 bits per heavy atom. The van der Waals surface area contributed by atoms with Crippen LogP contribution in [0.15, 0.2) is 16.6 Å². The summed E-state index contributed by atoms with van der Waals surface area (Å²) in [5, 5.41) is 2.58. The van der Waals surface area contributed by atoms with Crippen molar-refractivity contribution >= 4 is 35.3 Å². The Morgan fingerprint density at radius 2 is 2.60 bits per heavy atom. The zero-order valence-electron chi connectivity index (χ0n) is 5.35. The van der Waals surface area contributed by atoms with Crippen molar-refractivity contribution in [2.24, 2.45) is 4.99 Å². The van der Waals surface area contributed by atoms with Crippen LogP contribution in [0.5, 0.6) is 0 Å². The molecule has 0 bridgehead atoms. The van der Waals surface area contributed by atoms with Crippen LogP contribution in [0.1, 0.15) is 0 Å². The van der Waals surface area contributed by atoms with Crippen LogP contribution < -0.4 is 0 Å². The van der Waals surface area contributed by atoms with Crippen LogP contribution in [-0.2, 0) is 4.74 Å². The summed E-state index contributed by atoms with van der Waals surface area (Å²) in [4.78, 5) is 7.74. The third-order valence-corrected chi connectivity index (χ3v) is 1.37. The van der Waals surface area contributed by atoms with Gasteiger partial charge in [-0.2, -0.15) is 4.99 Å². The second-order valence-electron chi connectivity index (χ2n) is 1.28. The molecule has 0 N–H and O–H groups in total. The third kappa shape index (κ3) is 2.80. The van der Waals surface area contributed by atoms with Gasteiger partial charge in [0.25, 0.3) is 0 Å². The predicted octanol–water partition coefficient (Wildman–Crippen LogP) is 1.87. The minimum atomic E-state index is 0. The molecule has 0 saturated carbocycles. The lowest BCUT2D eigenvalue weighted by atomic mass is 11.0. The normalized spacial score (nSPS) is 9.30. The molecule has 1 rings (SSSR count). The Morgan fingerprint density at radius 1 is 1.80 bits per heavy atom. The minimum absolute atomic E-state index is 0. The molecule has 0 aliphatic rings. The summed E-state index contributed by atoms with van der Waals surface area (Å²) >= 11 is 1.47. The Labute approximate surface area is 69.2 Å². The van der Waals surface area contributed by atoms with E-state index in [2.05, 4.69) is 14.7 Å². The van der Waals surface area contributed by atoms with Crippen molar-refractivity contribution in [3.05, 3.63) is 11.6 Å². The second kappa shape index (κ2) is 5.20. The maximum atomic E-state index is 4.59. The van der Waals surface area contributed by atoms with Crippen molar-refractivity contribution in [1.29, 1.82) is 0 Å². The molecule has 0 radical (unpaired) electrons. The first-order valence-corrected chi connectivity index (χ1v) is 3.26. The zero-order valence-corrected chi connectivity index (χ0v) is 6.98. The van der Waals surface area contributed by atoms with Crippen molar-refractivity contribution in [1.82, 2.24) is 4.98 Å². The summed E-state index contributed by atoms with van der Waals surface area (Å²) in [6, 6.07) is 0. The standard InChI is InChI=1S/C5H6N2OS.ClH/c1-8-4-7-5-6-2-3-9-5;/h2-4H,1H3;1H/b7-4-;. The van der Waals surface area contributed by atoms with E-state index in [1.54, 1.807) is 13.3 Å². The molecule has 0 aliphatic carbocycles. The van der Waals surface area contributed by atoms with E-state index < -0.39 is 0 Å². The zero-order chi connectivity index (χ0) is 6.53. The van der Waals surface area contributed by atoms with Gasteiger partial charge in [-0.1, -0.05) is 0 Å². The number of hydrogen-bond acceptors (Lipinski definition) is 4. The molecule has 10 heavy (non-hydrogen) atoms. The van der Waals surface area contributed by atoms with Gasteiger partial charge in [0.1, 0.15) is 0 Å². The largest absolute Gasteiger partial charge is 0.486 e. The molecule has 0 spiro atoms. The Bertz CT molecular complexity index is 188. The molecule has 0 fully saturated rings. The van der Waals surface area contributed by atoms with Gasteiger partial charge in [-0.3, -0.25) is 0 Å². The first-order valence-electron chi connectivity index (χ1n) is 2.38. The fourth-order valence-electron chi connectivity index (χ4n) is 0.377. The molecule has 1 aromatic heterocycles. The van der Waals surface area contributed by atoms with Gasteiger partial charge in [0.15, 0.2) is 6.40 Å². The summed E-state index contributed by atoms with van der Waals surface area (Å²) in [6.07, 6.45) is 3.06. The molecule has 5 heteroatoms. The van der Waals surface area contributed by atoms with E-state index >= 15 is 0 Å². The van der Waals surface area contributed by atoms with Crippen molar-refractivity contribution < 1.29 is 4.74 Å². The topological polar surface area (TPSA) is 34.5 Å². The van der Waals surface area contributed by atoms with Gasteiger partial charge in [-0.15, -0.1) is 23.7 Å². The van der Waals surface area contributed by atoms with Crippen LogP contribution >= 0.6 is 23.7 Å². The highest BCUT2D eigenvalue weighted by atomic mass is 35.5. The Kier molecular flexibility index (Phi) is 4.88. The van der Waals surface area contributed by atoms with E-state index in [0.717, 1.165) is 5.13 Å². The highest BCUT2D eigenvalue weighted by Crippen LogP contribution is 2.12. The minimum Gasteiger partial charge on any atom is -0.486 e. The Balaban J connectivity index is 0.000000810. The van der Waals surface area contributed by atoms with Gasteiger partial charge in [-0.25, -0.2) is 4.98 Å². The van der Waals surface area contributed by atoms with Gasteiger partial charge in [-0.05, 0) is 0 Å². The van der Waals surface area contributed by atoms with E-state index in [9.17, 15) is 0 Å². The molecular formula is C5H7ClN2OS. The third-order valence-electron chi connectivity index (χ3n) is 0.688. The lowest BCUT2D eigenvalue weighted by molar-refractivity contribution is 0.423. The number of ether oxygens (including phenoxy) is 1. The fraction of sp³-hybridized carbons (Fsp3) is 0.200. The monoisotopic (exact) mass is 178 g/mol. The van der Waals surface area contributed by atoms with Crippen molar-refractivity contribution in [3.63, 3.8) is 0 Å². The van der Waals surface area contributed by atoms with E-state index in [0.29, 0.717) is 0 Å². The fourth-order valence-corrected chi connectivity index (χ4v) is 0.847. The highest BCUT2D eigenvalue weighted by Gasteiger charge is 1.85. The Hall–Kier alpha value is -0.610. The molecule has 0 unspecified atom stereocenters. The van der Waals surface area contributed by atoms with Gasteiger partial charge in [0.05, 0.1) is 7.11 Å². The summed E-state index contributed by atoms with van der Waals surface area (Å²) in [5.41, 5.74) is 0. The second-order valence-corrected chi connectivity index (χ2v) is 2.16. The molecule has 0 aliphatic heterocycles. The number of nitrogens with zero attached hydrogens (tertiary/aromatic N) is 2. The smallest absolute Gasteiger partial charge is 0.211 e. The summed E-state index contributed by atoms with van der Waals surface area (Å²) in [5.74, 6) is 0. The number of halogens is 1. The molecule has 1 aromatic rings. The molecule has 0 saturated heterocycles. The van der Waals surface area contributed by atoms with Crippen LogP contribution in [-0.4, -0.2) is 18.5 Å². The maximum Gasteiger partial charge on any atom is 0.211 e. The molecule has 56 valence electrons. The molecule has 0 atom stereocenters. The lowest BCUT2D eigenvalue weighted by Gasteiger charge is -1.81. The summed E-state index contributed by atoms with van der Waals surface area (Å²) < 4.78 is 4.59. The van der Waals surface area contributed by atoms with E-state index in [4.69, 9.17) is 0 Å². The van der Waals surface area contributed by atoms with Gasteiger partial charge < -0.3 is 4.74 Å². The number of rotatable bonds is 2. The number of methoxy groups -OCH3 is 1. The molecule has 3 nitrogen and oxygen atoms in total. The maximum absolute atomic E-state index is 4.59.